The number of hydrogen-bond acceptors (Lipinski definition) is 3. The van der Waals surface area contributed by atoms with E-state index in [0.717, 1.165) is 39.9 Å². The summed E-state index contributed by atoms with van der Waals surface area (Å²) < 4.78 is 2.22. The van der Waals surface area contributed by atoms with E-state index < -0.39 is 5.97 Å². The number of carboxylic acid groups (broad SMARTS) is 1. The zero-order chi connectivity index (χ0) is 19.0. The van der Waals surface area contributed by atoms with Crippen LogP contribution in [-0.2, 0) is 35.4 Å². The standard InChI is InChI=1S/C21H22N2O3S/c1-22(20(24)11-15-5-4-10-27-15)14-8-9-19-17(12-21(25)26)16-6-2-3-7-18(16)23(19)13-14/h2-7,10,14H,8-9,11-13H2,1H3,(H,25,26). The van der Waals surface area contributed by atoms with E-state index in [4.69, 9.17) is 0 Å². The summed E-state index contributed by atoms with van der Waals surface area (Å²) >= 11 is 1.61. The fourth-order valence-electron chi connectivity index (χ4n) is 4.08. The summed E-state index contributed by atoms with van der Waals surface area (Å²) in [5.41, 5.74) is 3.09. The summed E-state index contributed by atoms with van der Waals surface area (Å²) in [7, 11) is 1.88. The van der Waals surface area contributed by atoms with Crippen LogP contribution in [0.25, 0.3) is 10.9 Å². The lowest BCUT2D eigenvalue weighted by molar-refractivity contribution is -0.136. The van der Waals surface area contributed by atoms with Crippen molar-refractivity contribution in [2.24, 2.45) is 0 Å². The molecule has 0 fully saturated rings. The molecule has 1 aliphatic rings. The highest BCUT2D eigenvalue weighted by molar-refractivity contribution is 7.10. The molecule has 5 nitrogen and oxygen atoms in total. The molecule has 3 heterocycles. The van der Waals surface area contributed by atoms with Crippen LogP contribution in [0.15, 0.2) is 41.8 Å². The number of rotatable bonds is 5. The number of thiophene rings is 1. The fraction of sp³-hybridized carbons (Fsp3) is 0.333. The van der Waals surface area contributed by atoms with Gasteiger partial charge in [0.25, 0.3) is 0 Å². The normalized spacial score (nSPS) is 16.3. The summed E-state index contributed by atoms with van der Waals surface area (Å²) in [5.74, 6) is -0.673. The molecule has 1 aliphatic heterocycles. The molecular formula is C21H22N2O3S. The highest BCUT2D eigenvalue weighted by atomic mass is 32.1. The van der Waals surface area contributed by atoms with Gasteiger partial charge in [-0.25, -0.2) is 0 Å². The number of nitrogens with zero attached hydrogens (tertiary/aromatic N) is 2. The molecule has 6 heteroatoms. The minimum atomic E-state index is -0.806. The number of carboxylic acids is 1. The van der Waals surface area contributed by atoms with Crippen molar-refractivity contribution < 1.29 is 14.7 Å². The smallest absolute Gasteiger partial charge is 0.307 e. The van der Waals surface area contributed by atoms with Gasteiger partial charge in [0, 0.05) is 41.1 Å². The second-order valence-electron chi connectivity index (χ2n) is 7.08. The van der Waals surface area contributed by atoms with E-state index in [1.54, 1.807) is 11.3 Å². The minimum Gasteiger partial charge on any atom is -0.481 e. The van der Waals surface area contributed by atoms with Crippen LogP contribution in [0.3, 0.4) is 0 Å². The average Bonchev–Trinajstić information content (AvgIpc) is 3.27. The largest absolute Gasteiger partial charge is 0.481 e. The Morgan fingerprint density at radius 1 is 1.22 bits per heavy atom. The zero-order valence-electron chi connectivity index (χ0n) is 15.2. The van der Waals surface area contributed by atoms with Gasteiger partial charge in [0.05, 0.1) is 12.8 Å². The van der Waals surface area contributed by atoms with Gasteiger partial charge in [0.15, 0.2) is 0 Å². The molecule has 27 heavy (non-hydrogen) atoms. The number of fused-ring (bicyclic) bond motifs is 3. The van der Waals surface area contributed by atoms with Gasteiger partial charge < -0.3 is 14.6 Å². The van der Waals surface area contributed by atoms with Gasteiger partial charge in [-0.3, -0.25) is 9.59 Å². The number of amides is 1. The summed E-state index contributed by atoms with van der Waals surface area (Å²) in [5, 5.41) is 12.3. The Balaban J connectivity index is 1.61. The minimum absolute atomic E-state index is 0.0423. The highest BCUT2D eigenvalue weighted by Crippen LogP contribution is 2.32. The number of aliphatic carboxylic acids is 1. The third-order valence-corrected chi connectivity index (χ3v) is 6.35. The molecule has 0 spiro atoms. The van der Waals surface area contributed by atoms with Crippen LogP contribution in [0.5, 0.6) is 0 Å². The van der Waals surface area contributed by atoms with Gasteiger partial charge in [-0.05, 0) is 35.9 Å². The van der Waals surface area contributed by atoms with Crippen molar-refractivity contribution in [2.75, 3.05) is 7.05 Å². The van der Waals surface area contributed by atoms with E-state index in [0.29, 0.717) is 13.0 Å². The van der Waals surface area contributed by atoms with E-state index in [1.807, 2.05) is 53.7 Å². The Morgan fingerprint density at radius 2 is 2.04 bits per heavy atom. The third-order valence-electron chi connectivity index (χ3n) is 5.48. The van der Waals surface area contributed by atoms with Crippen molar-refractivity contribution in [3.05, 3.63) is 57.9 Å². The monoisotopic (exact) mass is 382 g/mol. The Labute approximate surface area is 161 Å². The van der Waals surface area contributed by atoms with Crippen molar-refractivity contribution in [1.82, 2.24) is 9.47 Å². The molecule has 4 rings (SSSR count). The Bertz CT molecular complexity index is 990. The number of benzene rings is 1. The van der Waals surface area contributed by atoms with Gasteiger partial charge in [-0.1, -0.05) is 24.3 Å². The molecule has 1 unspecified atom stereocenters. The van der Waals surface area contributed by atoms with E-state index >= 15 is 0 Å². The SMILES string of the molecule is CN(C(=O)Cc1cccs1)C1CCc2c(CC(=O)O)c3ccccc3n2C1. The highest BCUT2D eigenvalue weighted by Gasteiger charge is 2.29. The van der Waals surface area contributed by atoms with Gasteiger partial charge in [-0.15, -0.1) is 11.3 Å². The number of carbonyl (C=O) groups excluding carboxylic acids is 1. The number of aromatic nitrogens is 1. The maximum atomic E-state index is 12.7. The van der Waals surface area contributed by atoms with Crippen molar-refractivity contribution in [1.29, 1.82) is 0 Å². The molecule has 1 atom stereocenters. The summed E-state index contributed by atoms with van der Waals surface area (Å²) in [6.07, 6.45) is 2.13. The van der Waals surface area contributed by atoms with Crippen LogP contribution in [-0.4, -0.2) is 39.5 Å². The molecule has 2 aromatic heterocycles. The predicted molar refractivity (Wildman–Crippen MR) is 106 cm³/mol. The molecule has 1 amide bonds. The van der Waals surface area contributed by atoms with Crippen LogP contribution in [0.1, 0.15) is 22.6 Å². The molecule has 0 saturated heterocycles. The molecule has 1 N–H and O–H groups in total. The maximum absolute atomic E-state index is 12.7. The lowest BCUT2D eigenvalue weighted by Crippen LogP contribution is -2.43. The quantitative estimate of drug-likeness (QED) is 0.736. The number of hydrogen-bond donors (Lipinski definition) is 1. The zero-order valence-corrected chi connectivity index (χ0v) is 16.0. The summed E-state index contributed by atoms with van der Waals surface area (Å²) in [6, 6.07) is 12.1. The first-order chi connectivity index (χ1) is 13.0. The van der Waals surface area contributed by atoms with Crippen LogP contribution < -0.4 is 0 Å². The van der Waals surface area contributed by atoms with Crippen molar-refractivity contribution in [3.8, 4) is 0 Å². The van der Waals surface area contributed by atoms with Crippen molar-refractivity contribution >= 4 is 34.1 Å². The van der Waals surface area contributed by atoms with E-state index in [9.17, 15) is 14.7 Å². The maximum Gasteiger partial charge on any atom is 0.307 e. The predicted octanol–water partition coefficient (Wildman–Crippen LogP) is 3.35. The van der Waals surface area contributed by atoms with Crippen molar-refractivity contribution in [2.45, 2.75) is 38.3 Å². The Hall–Kier alpha value is -2.60. The first kappa shape index (κ1) is 17.8. The molecule has 0 saturated carbocycles. The number of likely N-dealkylation sites (N-methyl/N-ethyl adjacent to an activating group) is 1. The Kier molecular flexibility index (Phi) is 4.74. The lowest BCUT2D eigenvalue weighted by atomic mass is 9.99. The van der Waals surface area contributed by atoms with Gasteiger partial charge in [0.2, 0.25) is 5.91 Å². The van der Waals surface area contributed by atoms with Crippen LogP contribution >= 0.6 is 11.3 Å². The van der Waals surface area contributed by atoms with E-state index in [2.05, 4.69) is 4.57 Å². The second kappa shape index (κ2) is 7.19. The molecule has 0 radical (unpaired) electrons. The second-order valence-corrected chi connectivity index (χ2v) is 8.11. The van der Waals surface area contributed by atoms with Crippen LogP contribution in [0, 0.1) is 0 Å². The first-order valence-corrected chi connectivity index (χ1v) is 10.0. The van der Waals surface area contributed by atoms with Gasteiger partial charge in [0.1, 0.15) is 0 Å². The summed E-state index contributed by atoms with van der Waals surface area (Å²) in [4.78, 5) is 27.0. The van der Waals surface area contributed by atoms with E-state index in [-0.39, 0.29) is 18.4 Å². The topological polar surface area (TPSA) is 62.5 Å². The van der Waals surface area contributed by atoms with Gasteiger partial charge in [-0.2, -0.15) is 0 Å². The number of para-hydroxylation sites is 1. The Morgan fingerprint density at radius 3 is 2.78 bits per heavy atom. The first-order valence-electron chi connectivity index (χ1n) is 9.13. The number of carbonyl (C=O) groups is 2. The lowest BCUT2D eigenvalue weighted by Gasteiger charge is -2.33. The van der Waals surface area contributed by atoms with E-state index in [1.165, 1.54) is 0 Å². The van der Waals surface area contributed by atoms with Crippen LogP contribution in [0.4, 0.5) is 0 Å². The molecule has 0 aliphatic carbocycles. The van der Waals surface area contributed by atoms with Crippen LogP contribution in [0.2, 0.25) is 0 Å². The molecule has 140 valence electrons. The molecule has 1 aromatic carbocycles. The van der Waals surface area contributed by atoms with Crippen molar-refractivity contribution in [3.63, 3.8) is 0 Å². The molecule has 0 bridgehead atoms. The molecule has 3 aromatic rings. The average molecular weight is 382 g/mol. The fourth-order valence-corrected chi connectivity index (χ4v) is 4.78. The third kappa shape index (κ3) is 3.37. The van der Waals surface area contributed by atoms with Gasteiger partial charge >= 0.3 is 5.97 Å². The summed E-state index contributed by atoms with van der Waals surface area (Å²) in [6.45, 7) is 0.710. The molecular weight excluding hydrogens is 360 g/mol.